The first-order valence-electron chi connectivity index (χ1n) is 7.77. The number of aromatic nitrogens is 2. The molecule has 0 atom stereocenters. The van der Waals surface area contributed by atoms with Gasteiger partial charge in [-0.15, -0.1) is 0 Å². The third-order valence-corrected chi connectivity index (χ3v) is 4.30. The Bertz CT molecular complexity index is 786. The SMILES string of the molecule is CCn1c(C)cc(C(=O)COC(=O)c2c(C)cc(C)nc2Cl)c1C. The van der Waals surface area contributed by atoms with E-state index in [0.717, 1.165) is 23.6 Å². The molecule has 0 spiro atoms. The molecule has 0 saturated carbocycles. The molecule has 0 bridgehead atoms. The van der Waals surface area contributed by atoms with E-state index in [0.29, 0.717) is 11.1 Å². The van der Waals surface area contributed by atoms with Gasteiger partial charge in [-0.05, 0) is 52.3 Å². The summed E-state index contributed by atoms with van der Waals surface area (Å²) in [6, 6.07) is 3.57. The monoisotopic (exact) mass is 348 g/mol. The van der Waals surface area contributed by atoms with Crippen LogP contribution in [0.1, 0.15) is 50.3 Å². The lowest BCUT2D eigenvalue weighted by Crippen LogP contribution is -2.16. The summed E-state index contributed by atoms with van der Waals surface area (Å²) in [5.74, 6) is -0.868. The largest absolute Gasteiger partial charge is 0.454 e. The van der Waals surface area contributed by atoms with Crippen LogP contribution in [0, 0.1) is 27.7 Å². The number of ether oxygens (including phenoxy) is 1. The number of esters is 1. The third kappa shape index (κ3) is 3.51. The van der Waals surface area contributed by atoms with Crippen molar-refractivity contribution in [2.45, 2.75) is 41.2 Å². The Hall–Kier alpha value is -2.14. The molecular weight excluding hydrogens is 328 g/mol. The number of halogens is 1. The van der Waals surface area contributed by atoms with Crippen molar-refractivity contribution in [3.63, 3.8) is 0 Å². The zero-order valence-corrected chi connectivity index (χ0v) is 15.3. The van der Waals surface area contributed by atoms with Crippen LogP contribution in [0.3, 0.4) is 0 Å². The van der Waals surface area contributed by atoms with Gasteiger partial charge in [0.15, 0.2) is 6.61 Å². The lowest BCUT2D eigenvalue weighted by Gasteiger charge is -2.09. The number of pyridine rings is 1. The number of carbonyl (C=O) groups is 2. The van der Waals surface area contributed by atoms with Crippen LogP contribution < -0.4 is 0 Å². The Morgan fingerprint density at radius 2 is 1.88 bits per heavy atom. The molecule has 0 aliphatic rings. The van der Waals surface area contributed by atoms with Gasteiger partial charge in [0.25, 0.3) is 0 Å². The van der Waals surface area contributed by atoms with E-state index in [4.69, 9.17) is 16.3 Å². The van der Waals surface area contributed by atoms with Crippen molar-refractivity contribution in [1.82, 2.24) is 9.55 Å². The highest BCUT2D eigenvalue weighted by molar-refractivity contribution is 6.32. The maximum Gasteiger partial charge on any atom is 0.342 e. The molecule has 0 aromatic carbocycles. The number of hydrogen-bond acceptors (Lipinski definition) is 4. The lowest BCUT2D eigenvalue weighted by atomic mass is 10.1. The van der Waals surface area contributed by atoms with E-state index in [-0.39, 0.29) is 23.1 Å². The molecule has 128 valence electrons. The smallest absolute Gasteiger partial charge is 0.342 e. The van der Waals surface area contributed by atoms with Gasteiger partial charge in [0.05, 0.1) is 5.56 Å². The average molecular weight is 349 g/mol. The van der Waals surface area contributed by atoms with Crippen molar-refractivity contribution >= 4 is 23.4 Å². The molecule has 0 aliphatic carbocycles. The molecule has 0 amide bonds. The highest BCUT2D eigenvalue weighted by Gasteiger charge is 2.20. The van der Waals surface area contributed by atoms with E-state index in [9.17, 15) is 9.59 Å². The summed E-state index contributed by atoms with van der Waals surface area (Å²) in [4.78, 5) is 28.7. The fourth-order valence-corrected chi connectivity index (χ4v) is 3.25. The molecule has 6 heteroatoms. The molecule has 24 heavy (non-hydrogen) atoms. The molecular formula is C18H21ClN2O3. The van der Waals surface area contributed by atoms with Crippen molar-refractivity contribution < 1.29 is 14.3 Å². The van der Waals surface area contributed by atoms with Gasteiger partial charge in [-0.25, -0.2) is 9.78 Å². The van der Waals surface area contributed by atoms with Gasteiger partial charge in [-0.1, -0.05) is 11.6 Å². The van der Waals surface area contributed by atoms with Gasteiger partial charge < -0.3 is 9.30 Å². The summed E-state index contributed by atoms with van der Waals surface area (Å²) < 4.78 is 7.20. The second kappa shape index (κ2) is 7.18. The van der Waals surface area contributed by atoms with Gasteiger partial charge in [-0.2, -0.15) is 0 Å². The number of nitrogens with zero attached hydrogens (tertiary/aromatic N) is 2. The van der Waals surface area contributed by atoms with Crippen LogP contribution in [0.2, 0.25) is 5.15 Å². The molecule has 0 N–H and O–H groups in total. The topological polar surface area (TPSA) is 61.2 Å². The van der Waals surface area contributed by atoms with E-state index < -0.39 is 5.97 Å². The summed E-state index contributed by atoms with van der Waals surface area (Å²) in [6.07, 6.45) is 0. The first-order valence-corrected chi connectivity index (χ1v) is 8.14. The minimum atomic E-state index is -0.636. The predicted octanol–water partition coefficient (Wildman–Crippen LogP) is 3.83. The van der Waals surface area contributed by atoms with Crippen LogP contribution in [0.25, 0.3) is 0 Å². The van der Waals surface area contributed by atoms with Gasteiger partial charge in [-0.3, -0.25) is 4.79 Å². The quantitative estimate of drug-likeness (QED) is 0.468. The molecule has 5 nitrogen and oxygen atoms in total. The Kier molecular flexibility index (Phi) is 5.44. The van der Waals surface area contributed by atoms with Crippen LogP contribution in [0.5, 0.6) is 0 Å². The van der Waals surface area contributed by atoms with E-state index in [1.165, 1.54) is 0 Å². The van der Waals surface area contributed by atoms with E-state index in [1.807, 2.05) is 31.4 Å². The molecule has 2 aromatic heterocycles. The summed E-state index contributed by atoms with van der Waals surface area (Å²) >= 11 is 6.03. The Morgan fingerprint density at radius 1 is 1.21 bits per heavy atom. The number of hydrogen-bond donors (Lipinski definition) is 0. The Balaban J connectivity index is 2.14. The minimum absolute atomic E-state index is 0.0918. The molecule has 2 aromatic rings. The van der Waals surface area contributed by atoms with Crippen molar-refractivity contribution in [3.8, 4) is 0 Å². The molecule has 0 saturated heterocycles. The van der Waals surface area contributed by atoms with Crippen LogP contribution in [-0.4, -0.2) is 27.9 Å². The van der Waals surface area contributed by atoms with E-state index in [2.05, 4.69) is 4.98 Å². The maximum atomic E-state index is 12.4. The fourth-order valence-electron chi connectivity index (χ4n) is 2.89. The lowest BCUT2D eigenvalue weighted by molar-refractivity contribution is 0.0473. The van der Waals surface area contributed by atoms with Gasteiger partial charge in [0.1, 0.15) is 5.15 Å². The highest BCUT2D eigenvalue weighted by atomic mass is 35.5. The molecule has 0 unspecified atom stereocenters. The number of Topliss-reactive ketones (excluding diaryl/α,β-unsaturated/α-hetero) is 1. The number of aryl methyl sites for hydroxylation is 3. The van der Waals surface area contributed by atoms with Crippen LogP contribution in [-0.2, 0) is 11.3 Å². The number of rotatable bonds is 5. The normalized spacial score (nSPS) is 10.8. The first-order chi connectivity index (χ1) is 11.3. The minimum Gasteiger partial charge on any atom is -0.454 e. The van der Waals surface area contributed by atoms with Crippen molar-refractivity contribution in [3.05, 3.63) is 51.1 Å². The number of carbonyl (C=O) groups excluding carboxylic acids is 2. The third-order valence-electron chi connectivity index (χ3n) is 4.03. The first kappa shape index (κ1) is 18.2. The molecule has 0 radical (unpaired) electrons. The summed E-state index contributed by atoms with van der Waals surface area (Å²) in [6.45, 7) is 9.86. The zero-order chi connectivity index (χ0) is 18.0. The maximum absolute atomic E-state index is 12.4. The second-order valence-electron chi connectivity index (χ2n) is 5.77. The molecule has 0 fully saturated rings. The highest BCUT2D eigenvalue weighted by Crippen LogP contribution is 2.20. The van der Waals surface area contributed by atoms with Crippen LogP contribution >= 0.6 is 11.6 Å². The molecule has 2 heterocycles. The Morgan fingerprint density at radius 3 is 2.42 bits per heavy atom. The van der Waals surface area contributed by atoms with Crippen molar-refractivity contribution in [2.75, 3.05) is 6.61 Å². The van der Waals surface area contributed by atoms with Crippen molar-refractivity contribution in [1.29, 1.82) is 0 Å². The van der Waals surface area contributed by atoms with Crippen LogP contribution in [0.15, 0.2) is 12.1 Å². The fraction of sp³-hybridized carbons (Fsp3) is 0.389. The van der Waals surface area contributed by atoms with Crippen molar-refractivity contribution in [2.24, 2.45) is 0 Å². The standard InChI is InChI=1S/C18H21ClN2O3/c1-6-21-12(4)8-14(13(21)5)15(22)9-24-18(23)16-10(2)7-11(3)20-17(16)19/h7-8H,6,9H2,1-5H3. The summed E-state index contributed by atoms with van der Waals surface area (Å²) in [7, 11) is 0. The number of ketones is 1. The van der Waals surface area contributed by atoms with E-state index >= 15 is 0 Å². The Labute approximate surface area is 146 Å². The van der Waals surface area contributed by atoms with Gasteiger partial charge in [0, 0.05) is 29.2 Å². The summed E-state index contributed by atoms with van der Waals surface area (Å²) in [5, 5.41) is 0.0918. The second-order valence-corrected chi connectivity index (χ2v) is 6.13. The van der Waals surface area contributed by atoms with E-state index in [1.54, 1.807) is 19.9 Å². The molecule has 0 aliphatic heterocycles. The molecule has 2 rings (SSSR count). The van der Waals surface area contributed by atoms with Gasteiger partial charge in [0.2, 0.25) is 5.78 Å². The average Bonchev–Trinajstić information content (AvgIpc) is 2.78. The van der Waals surface area contributed by atoms with Gasteiger partial charge >= 0.3 is 5.97 Å². The zero-order valence-electron chi connectivity index (χ0n) is 14.6. The van der Waals surface area contributed by atoms with Crippen LogP contribution in [0.4, 0.5) is 0 Å². The summed E-state index contributed by atoms with van der Waals surface area (Å²) in [5.41, 5.74) is 4.06. The predicted molar refractivity (Wildman–Crippen MR) is 92.9 cm³/mol.